The van der Waals surface area contributed by atoms with Crippen LogP contribution in [0.25, 0.3) is 10.9 Å². The normalized spacial score (nSPS) is 10.8. The highest BCUT2D eigenvalue weighted by atomic mass is 16.5. The van der Waals surface area contributed by atoms with Gasteiger partial charge in [0, 0.05) is 23.3 Å². The Kier molecular flexibility index (Phi) is 6.22. The van der Waals surface area contributed by atoms with E-state index >= 15 is 0 Å². The summed E-state index contributed by atoms with van der Waals surface area (Å²) in [4.78, 5) is 16.6. The average molecular weight is 392 g/mol. The predicted octanol–water partition coefficient (Wildman–Crippen LogP) is 4.62. The molecule has 0 saturated heterocycles. The molecule has 6 nitrogen and oxygen atoms in total. The van der Waals surface area contributed by atoms with Crippen molar-refractivity contribution in [2.75, 3.05) is 18.5 Å². The van der Waals surface area contributed by atoms with Gasteiger partial charge in [-0.05, 0) is 50.5 Å². The Morgan fingerprint density at radius 3 is 2.45 bits per heavy atom. The number of nitrogens with two attached hydrogens (primary N) is 1. The Bertz CT molecular complexity index is 1050. The third-order valence-corrected chi connectivity index (χ3v) is 4.68. The van der Waals surface area contributed by atoms with Gasteiger partial charge in [-0.1, -0.05) is 19.1 Å². The lowest BCUT2D eigenvalue weighted by Crippen LogP contribution is -2.14. The van der Waals surface area contributed by atoms with Crippen LogP contribution in [0, 0.1) is 6.92 Å². The summed E-state index contributed by atoms with van der Waals surface area (Å²) in [6, 6.07) is 9.51. The fourth-order valence-corrected chi connectivity index (χ4v) is 3.36. The van der Waals surface area contributed by atoms with Crippen molar-refractivity contribution in [1.29, 1.82) is 0 Å². The lowest BCUT2D eigenvalue weighted by molar-refractivity contribution is 0.100. The lowest BCUT2D eigenvalue weighted by atomic mass is 10.0. The maximum atomic E-state index is 12.1. The molecule has 3 N–H and O–H groups in total. The highest BCUT2D eigenvalue weighted by Gasteiger charge is 2.18. The minimum atomic E-state index is -0.558. The second-order valence-electron chi connectivity index (χ2n) is 6.52. The van der Waals surface area contributed by atoms with Crippen LogP contribution >= 0.6 is 0 Å². The van der Waals surface area contributed by atoms with E-state index in [4.69, 9.17) is 15.2 Å². The van der Waals surface area contributed by atoms with Crippen molar-refractivity contribution in [2.24, 2.45) is 5.73 Å². The summed E-state index contributed by atoms with van der Waals surface area (Å²) < 4.78 is 11.5. The minimum absolute atomic E-state index is 0.306. The number of nitrogens with zero attached hydrogens (tertiary/aromatic N) is 1. The molecule has 1 radical (unpaired) electrons. The van der Waals surface area contributed by atoms with E-state index in [0.717, 1.165) is 28.6 Å². The van der Waals surface area contributed by atoms with Crippen molar-refractivity contribution < 1.29 is 14.3 Å². The van der Waals surface area contributed by atoms with E-state index < -0.39 is 5.91 Å². The van der Waals surface area contributed by atoms with Crippen LogP contribution in [0.15, 0.2) is 36.5 Å². The van der Waals surface area contributed by atoms with Gasteiger partial charge in [0.15, 0.2) is 11.5 Å². The van der Waals surface area contributed by atoms with Gasteiger partial charge in [0.05, 0.1) is 30.0 Å². The third-order valence-electron chi connectivity index (χ3n) is 4.68. The van der Waals surface area contributed by atoms with Gasteiger partial charge in [-0.3, -0.25) is 9.78 Å². The van der Waals surface area contributed by atoms with Gasteiger partial charge < -0.3 is 20.5 Å². The first kappa shape index (κ1) is 20.5. The number of aromatic nitrogens is 1. The van der Waals surface area contributed by atoms with Crippen LogP contribution in [-0.4, -0.2) is 24.1 Å². The summed E-state index contributed by atoms with van der Waals surface area (Å²) >= 11 is 0. The third kappa shape index (κ3) is 4.11. The number of anilines is 2. The zero-order chi connectivity index (χ0) is 21.0. The molecule has 29 heavy (non-hydrogen) atoms. The molecule has 6 heteroatoms. The van der Waals surface area contributed by atoms with Gasteiger partial charge in [0.25, 0.3) is 5.91 Å². The number of carbonyl (C=O) groups is 1. The number of primary amides is 1. The van der Waals surface area contributed by atoms with E-state index in [1.54, 1.807) is 0 Å². The molecule has 1 amide bonds. The van der Waals surface area contributed by atoms with Crippen LogP contribution < -0.4 is 20.5 Å². The maximum absolute atomic E-state index is 12.1. The molecule has 0 unspecified atom stereocenters. The van der Waals surface area contributed by atoms with E-state index in [2.05, 4.69) is 24.1 Å². The monoisotopic (exact) mass is 392 g/mol. The van der Waals surface area contributed by atoms with Gasteiger partial charge in [0.1, 0.15) is 0 Å². The number of pyridine rings is 1. The Balaban J connectivity index is 2.25. The number of nitrogens with one attached hydrogen (secondary N) is 1. The first-order chi connectivity index (χ1) is 14.0. The summed E-state index contributed by atoms with van der Waals surface area (Å²) in [7, 11) is 0. The second kappa shape index (κ2) is 8.82. The average Bonchev–Trinajstić information content (AvgIpc) is 2.69. The highest BCUT2D eigenvalue weighted by Crippen LogP contribution is 2.38. The van der Waals surface area contributed by atoms with Crippen LogP contribution in [0.3, 0.4) is 0 Å². The maximum Gasteiger partial charge on any atom is 0.252 e. The molecule has 0 fully saturated rings. The Hall–Kier alpha value is -3.28. The number of ether oxygens (including phenoxy) is 2. The SMILES string of the molecule is [CH2]c1cccc(Nc2c(C(N)=O)cnc3cc(OCC)c(OCC)cc23)c1CC. The fraction of sp³-hybridized carbons (Fsp3) is 0.261. The van der Waals surface area contributed by atoms with Crippen molar-refractivity contribution in [2.45, 2.75) is 27.2 Å². The highest BCUT2D eigenvalue weighted by molar-refractivity contribution is 6.08. The fourth-order valence-electron chi connectivity index (χ4n) is 3.36. The summed E-state index contributed by atoms with van der Waals surface area (Å²) in [5.41, 5.74) is 10.1. The molecule has 0 saturated carbocycles. The number of carbonyl (C=O) groups excluding carboxylic acids is 1. The number of benzene rings is 2. The van der Waals surface area contributed by atoms with Gasteiger partial charge in [-0.15, -0.1) is 0 Å². The smallest absolute Gasteiger partial charge is 0.252 e. The van der Waals surface area contributed by atoms with Crippen LogP contribution in [0.2, 0.25) is 0 Å². The molecule has 0 bridgehead atoms. The summed E-state index contributed by atoms with van der Waals surface area (Å²) in [6.45, 7) is 11.0. The molecular formula is C23H26N3O3. The molecule has 1 heterocycles. The van der Waals surface area contributed by atoms with Crippen LogP contribution in [0.1, 0.15) is 42.3 Å². The minimum Gasteiger partial charge on any atom is -0.490 e. The van der Waals surface area contributed by atoms with Crippen LogP contribution in [0.4, 0.5) is 11.4 Å². The molecule has 2 aromatic carbocycles. The zero-order valence-corrected chi connectivity index (χ0v) is 17.0. The van der Waals surface area contributed by atoms with E-state index in [-0.39, 0.29) is 0 Å². The van der Waals surface area contributed by atoms with Gasteiger partial charge in [0.2, 0.25) is 0 Å². The predicted molar refractivity (Wildman–Crippen MR) is 116 cm³/mol. The molecule has 0 aliphatic rings. The molecule has 1 aromatic heterocycles. The summed E-state index contributed by atoms with van der Waals surface area (Å²) in [5.74, 6) is 0.647. The molecule has 151 valence electrons. The van der Waals surface area contributed by atoms with E-state index in [9.17, 15) is 4.79 Å². The van der Waals surface area contributed by atoms with Crippen molar-refractivity contribution in [3.8, 4) is 11.5 Å². The number of fused-ring (bicyclic) bond motifs is 1. The van der Waals surface area contributed by atoms with Crippen molar-refractivity contribution in [3.63, 3.8) is 0 Å². The van der Waals surface area contributed by atoms with Gasteiger partial charge in [-0.25, -0.2) is 0 Å². The molecular weight excluding hydrogens is 366 g/mol. The Labute approximate surface area is 171 Å². The first-order valence-corrected chi connectivity index (χ1v) is 9.73. The standard InChI is InChI=1S/C23H26N3O3/c1-5-15-14(4)9-8-10-18(15)26-22-16-11-20(28-6-2)21(29-7-3)12-19(16)25-13-17(22)23(24)27/h8-13H,4-7H2,1-3H3,(H2,24,27)(H,25,26). The largest absolute Gasteiger partial charge is 0.490 e. The van der Waals surface area contributed by atoms with Crippen LogP contribution in [-0.2, 0) is 6.42 Å². The topological polar surface area (TPSA) is 86.5 Å². The first-order valence-electron chi connectivity index (χ1n) is 9.73. The zero-order valence-electron chi connectivity index (χ0n) is 17.0. The summed E-state index contributed by atoms with van der Waals surface area (Å²) in [6.07, 6.45) is 2.29. The molecule has 3 aromatic rings. The molecule has 0 aliphatic carbocycles. The Morgan fingerprint density at radius 1 is 1.14 bits per heavy atom. The van der Waals surface area contributed by atoms with E-state index in [1.807, 2.05) is 44.2 Å². The van der Waals surface area contributed by atoms with Crippen molar-refractivity contribution in [3.05, 3.63) is 60.1 Å². The number of amides is 1. The quantitative estimate of drug-likeness (QED) is 0.584. The van der Waals surface area contributed by atoms with Crippen LogP contribution in [0.5, 0.6) is 11.5 Å². The number of hydrogen-bond acceptors (Lipinski definition) is 5. The molecule has 0 spiro atoms. The van der Waals surface area contributed by atoms with Crippen molar-refractivity contribution in [1.82, 2.24) is 4.98 Å². The molecule has 0 aliphatic heterocycles. The van der Waals surface area contributed by atoms with E-state index in [1.165, 1.54) is 6.20 Å². The lowest BCUT2D eigenvalue weighted by Gasteiger charge is -2.18. The van der Waals surface area contributed by atoms with Crippen molar-refractivity contribution >= 4 is 28.2 Å². The number of hydrogen-bond donors (Lipinski definition) is 2. The van der Waals surface area contributed by atoms with Gasteiger partial charge in [-0.2, -0.15) is 0 Å². The summed E-state index contributed by atoms with van der Waals surface area (Å²) in [5, 5.41) is 4.13. The molecule has 3 rings (SSSR count). The molecule has 0 atom stereocenters. The van der Waals surface area contributed by atoms with E-state index in [0.29, 0.717) is 41.5 Å². The van der Waals surface area contributed by atoms with Gasteiger partial charge >= 0.3 is 0 Å². The Morgan fingerprint density at radius 2 is 1.83 bits per heavy atom. The number of rotatable bonds is 8. The second-order valence-corrected chi connectivity index (χ2v) is 6.52.